The first-order valence-corrected chi connectivity index (χ1v) is 6.61. The summed E-state index contributed by atoms with van der Waals surface area (Å²) >= 11 is 5.88. The Hall–Kier alpha value is -0.570. The molecule has 0 fully saturated rings. The van der Waals surface area contributed by atoms with Gasteiger partial charge >= 0.3 is 0 Å². The summed E-state index contributed by atoms with van der Waals surface area (Å²) in [4.78, 5) is 2.33. The van der Waals surface area contributed by atoms with Gasteiger partial charge in [-0.3, -0.25) is 4.90 Å². The van der Waals surface area contributed by atoms with E-state index in [1.807, 2.05) is 12.1 Å². The molecule has 1 aromatic rings. The fourth-order valence-corrected chi connectivity index (χ4v) is 2.24. The van der Waals surface area contributed by atoms with Crippen LogP contribution in [0, 0.1) is 5.92 Å². The Morgan fingerprint density at radius 1 is 1.29 bits per heavy atom. The predicted octanol–water partition coefficient (Wildman–Crippen LogP) is 3.15. The van der Waals surface area contributed by atoms with Gasteiger partial charge in [-0.25, -0.2) is 0 Å². The van der Waals surface area contributed by atoms with Gasteiger partial charge in [0.15, 0.2) is 0 Å². The molecule has 0 saturated heterocycles. The van der Waals surface area contributed by atoms with Crippen molar-refractivity contribution in [1.82, 2.24) is 4.90 Å². The minimum Gasteiger partial charge on any atom is -0.329 e. The third-order valence-corrected chi connectivity index (χ3v) is 3.71. The second-order valence-corrected chi connectivity index (χ2v) is 5.17. The van der Waals surface area contributed by atoms with Crippen molar-refractivity contribution in [3.8, 4) is 0 Å². The summed E-state index contributed by atoms with van der Waals surface area (Å²) in [6.45, 7) is 6.10. The highest BCUT2D eigenvalue weighted by Crippen LogP contribution is 2.16. The van der Waals surface area contributed by atoms with Crippen LogP contribution in [0.5, 0.6) is 0 Å². The summed E-state index contributed by atoms with van der Waals surface area (Å²) in [7, 11) is 2.14. The van der Waals surface area contributed by atoms with E-state index in [4.69, 9.17) is 17.3 Å². The maximum absolute atomic E-state index is 5.88. The van der Waals surface area contributed by atoms with E-state index in [9.17, 15) is 0 Å². The molecule has 1 aromatic carbocycles. The molecule has 3 heteroatoms. The Kier molecular flexibility index (Phi) is 5.96. The monoisotopic (exact) mass is 254 g/mol. The summed E-state index contributed by atoms with van der Waals surface area (Å²) < 4.78 is 0. The fraction of sp³-hybridized carbons (Fsp3) is 0.571. The fourth-order valence-electron chi connectivity index (χ4n) is 2.11. The molecule has 2 nitrogen and oxygen atoms in total. The molecule has 0 radical (unpaired) electrons. The zero-order valence-electron chi connectivity index (χ0n) is 11.0. The van der Waals surface area contributed by atoms with Gasteiger partial charge in [0.05, 0.1) is 0 Å². The Balaban J connectivity index is 2.63. The summed E-state index contributed by atoms with van der Waals surface area (Å²) in [5.74, 6) is 0.623. The lowest BCUT2D eigenvalue weighted by Gasteiger charge is -2.31. The van der Waals surface area contributed by atoms with E-state index >= 15 is 0 Å². The molecular formula is C14H23ClN2. The second-order valence-electron chi connectivity index (χ2n) is 4.73. The van der Waals surface area contributed by atoms with Crippen LogP contribution in [-0.4, -0.2) is 24.5 Å². The van der Waals surface area contributed by atoms with Crippen LogP contribution in [0.3, 0.4) is 0 Å². The summed E-state index contributed by atoms with van der Waals surface area (Å²) in [5.41, 5.74) is 7.14. The van der Waals surface area contributed by atoms with Crippen molar-refractivity contribution in [2.24, 2.45) is 11.7 Å². The normalized spacial score (nSPS) is 14.9. The maximum Gasteiger partial charge on any atom is 0.0406 e. The largest absolute Gasteiger partial charge is 0.329 e. The Morgan fingerprint density at radius 3 is 2.35 bits per heavy atom. The predicted molar refractivity (Wildman–Crippen MR) is 75.2 cm³/mol. The standard InChI is InChI=1S/C14H23ClN2/c1-4-11(2)14(9-16)17(3)10-12-5-7-13(15)8-6-12/h5-8,11,14H,4,9-10,16H2,1-3H3. The molecule has 0 bridgehead atoms. The average molecular weight is 255 g/mol. The molecule has 0 aromatic heterocycles. The second kappa shape index (κ2) is 7.00. The lowest BCUT2D eigenvalue weighted by atomic mass is 9.97. The molecule has 0 aliphatic carbocycles. The van der Waals surface area contributed by atoms with Gasteiger partial charge in [0, 0.05) is 24.2 Å². The number of nitrogens with zero attached hydrogens (tertiary/aromatic N) is 1. The number of benzene rings is 1. The van der Waals surface area contributed by atoms with Crippen LogP contribution in [0.4, 0.5) is 0 Å². The number of halogens is 1. The molecular weight excluding hydrogens is 232 g/mol. The highest BCUT2D eigenvalue weighted by Gasteiger charge is 2.18. The quantitative estimate of drug-likeness (QED) is 0.845. The van der Waals surface area contributed by atoms with Crippen molar-refractivity contribution in [2.45, 2.75) is 32.9 Å². The van der Waals surface area contributed by atoms with Crippen LogP contribution in [0.25, 0.3) is 0 Å². The molecule has 0 heterocycles. The molecule has 0 spiro atoms. The van der Waals surface area contributed by atoms with E-state index < -0.39 is 0 Å². The van der Waals surface area contributed by atoms with E-state index in [0.29, 0.717) is 18.5 Å². The van der Waals surface area contributed by atoms with Gasteiger partial charge < -0.3 is 5.73 Å². The zero-order valence-corrected chi connectivity index (χ0v) is 11.7. The van der Waals surface area contributed by atoms with Crippen molar-refractivity contribution in [3.63, 3.8) is 0 Å². The van der Waals surface area contributed by atoms with Crippen molar-refractivity contribution < 1.29 is 0 Å². The summed E-state index contributed by atoms with van der Waals surface area (Å²) in [5, 5.41) is 0.786. The number of hydrogen-bond acceptors (Lipinski definition) is 2. The van der Waals surface area contributed by atoms with Gasteiger partial charge in [-0.2, -0.15) is 0 Å². The highest BCUT2D eigenvalue weighted by atomic mass is 35.5. The molecule has 0 aliphatic rings. The first kappa shape index (κ1) is 14.5. The van der Waals surface area contributed by atoms with Gasteiger partial charge in [-0.05, 0) is 30.7 Å². The number of rotatable bonds is 6. The van der Waals surface area contributed by atoms with Gasteiger partial charge in [-0.1, -0.05) is 44.0 Å². The molecule has 0 aliphatic heterocycles. The minimum absolute atomic E-state index is 0.440. The number of hydrogen-bond donors (Lipinski definition) is 1. The Labute approximate surface area is 110 Å². The lowest BCUT2D eigenvalue weighted by Crippen LogP contribution is -2.41. The molecule has 2 N–H and O–H groups in total. The molecule has 0 amide bonds. The first-order chi connectivity index (χ1) is 8.08. The van der Waals surface area contributed by atoms with Crippen molar-refractivity contribution >= 4 is 11.6 Å². The lowest BCUT2D eigenvalue weighted by molar-refractivity contribution is 0.178. The summed E-state index contributed by atoms with van der Waals surface area (Å²) in [6.07, 6.45) is 1.16. The van der Waals surface area contributed by atoms with Crippen LogP contribution in [0.2, 0.25) is 5.02 Å². The summed E-state index contributed by atoms with van der Waals surface area (Å²) in [6, 6.07) is 8.46. The van der Waals surface area contributed by atoms with Crippen molar-refractivity contribution in [3.05, 3.63) is 34.9 Å². The van der Waals surface area contributed by atoms with E-state index in [0.717, 1.165) is 18.0 Å². The smallest absolute Gasteiger partial charge is 0.0406 e. The van der Waals surface area contributed by atoms with E-state index in [1.165, 1.54) is 5.56 Å². The molecule has 2 unspecified atom stereocenters. The van der Waals surface area contributed by atoms with Crippen LogP contribution < -0.4 is 5.73 Å². The Morgan fingerprint density at radius 2 is 1.88 bits per heavy atom. The first-order valence-electron chi connectivity index (χ1n) is 6.23. The van der Waals surface area contributed by atoms with Crippen LogP contribution in [-0.2, 0) is 6.54 Å². The molecule has 0 saturated carbocycles. The maximum atomic E-state index is 5.88. The van der Waals surface area contributed by atoms with Gasteiger partial charge in [0.1, 0.15) is 0 Å². The van der Waals surface area contributed by atoms with E-state index in [1.54, 1.807) is 0 Å². The third kappa shape index (κ3) is 4.30. The Bertz CT molecular complexity index is 323. The van der Waals surface area contributed by atoms with Gasteiger partial charge in [-0.15, -0.1) is 0 Å². The molecule has 17 heavy (non-hydrogen) atoms. The van der Waals surface area contributed by atoms with Crippen molar-refractivity contribution in [1.29, 1.82) is 0 Å². The van der Waals surface area contributed by atoms with Crippen LogP contribution in [0.15, 0.2) is 24.3 Å². The van der Waals surface area contributed by atoms with E-state index in [2.05, 4.69) is 37.9 Å². The third-order valence-electron chi connectivity index (χ3n) is 3.45. The van der Waals surface area contributed by atoms with Gasteiger partial charge in [0.25, 0.3) is 0 Å². The number of likely N-dealkylation sites (N-methyl/N-ethyl adjacent to an activating group) is 1. The van der Waals surface area contributed by atoms with Crippen molar-refractivity contribution in [2.75, 3.05) is 13.6 Å². The molecule has 96 valence electrons. The zero-order chi connectivity index (χ0) is 12.8. The van der Waals surface area contributed by atoms with Crippen LogP contribution in [0.1, 0.15) is 25.8 Å². The minimum atomic E-state index is 0.440. The van der Waals surface area contributed by atoms with Crippen LogP contribution >= 0.6 is 11.6 Å². The molecule has 2 atom stereocenters. The molecule has 1 rings (SSSR count). The number of nitrogens with two attached hydrogens (primary N) is 1. The SMILES string of the molecule is CCC(C)C(CN)N(C)Cc1ccc(Cl)cc1. The topological polar surface area (TPSA) is 29.3 Å². The highest BCUT2D eigenvalue weighted by molar-refractivity contribution is 6.30. The van der Waals surface area contributed by atoms with Gasteiger partial charge in [0.2, 0.25) is 0 Å². The van der Waals surface area contributed by atoms with E-state index in [-0.39, 0.29) is 0 Å². The average Bonchev–Trinajstić information content (AvgIpc) is 2.32.